The van der Waals surface area contributed by atoms with E-state index in [-0.39, 0.29) is 17.2 Å². The van der Waals surface area contributed by atoms with Crippen molar-refractivity contribution >= 4 is 21.7 Å². The molecule has 1 aromatic rings. The van der Waals surface area contributed by atoms with Gasteiger partial charge in [-0.15, -0.1) is 0 Å². The largest absolute Gasteiger partial charge is 0.493 e. The molecule has 0 aromatic heterocycles. The number of rotatable bonds is 5. The topological polar surface area (TPSA) is 46.5 Å². The normalized spacial score (nSPS) is 12.2. The molecular formula is C12H15BrO3. The molecule has 1 atom stereocenters. The van der Waals surface area contributed by atoms with E-state index in [0.717, 1.165) is 0 Å². The maximum atomic E-state index is 11.9. The van der Waals surface area contributed by atoms with Crippen LogP contribution in [-0.4, -0.2) is 22.3 Å². The minimum absolute atomic E-state index is 0.0504. The molecule has 0 saturated carbocycles. The fraction of sp³-hybridized carbons (Fsp3) is 0.417. The summed E-state index contributed by atoms with van der Waals surface area (Å²) >= 11 is 3.23. The van der Waals surface area contributed by atoms with Gasteiger partial charge in [0.15, 0.2) is 5.78 Å². The fourth-order valence-electron chi connectivity index (χ4n) is 1.46. The van der Waals surface area contributed by atoms with Crippen molar-refractivity contribution in [2.75, 3.05) is 6.61 Å². The Morgan fingerprint density at radius 3 is 2.75 bits per heavy atom. The summed E-state index contributed by atoms with van der Waals surface area (Å²) in [6.07, 6.45) is 0. The van der Waals surface area contributed by atoms with Gasteiger partial charge in [-0.1, -0.05) is 28.1 Å². The monoisotopic (exact) mass is 286 g/mol. The molecule has 0 bridgehead atoms. The van der Waals surface area contributed by atoms with E-state index in [9.17, 15) is 9.90 Å². The van der Waals surface area contributed by atoms with Crippen LogP contribution in [0.5, 0.6) is 5.75 Å². The first kappa shape index (κ1) is 13.2. The highest BCUT2D eigenvalue weighted by Gasteiger charge is 2.18. The number of carbonyl (C=O) groups is 1. The van der Waals surface area contributed by atoms with Crippen LogP contribution >= 0.6 is 15.9 Å². The Labute approximate surface area is 104 Å². The number of hydrogen-bond donors (Lipinski definition) is 1. The summed E-state index contributed by atoms with van der Waals surface area (Å²) in [5.74, 6) is 0.523. The summed E-state index contributed by atoms with van der Waals surface area (Å²) in [6, 6.07) is 5.21. The molecule has 1 aromatic carbocycles. The van der Waals surface area contributed by atoms with Crippen LogP contribution in [0.25, 0.3) is 0 Å². The van der Waals surface area contributed by atoms with Crippen molar-refractivity contribution in [2.24, 2.45) is 0 Å². The summed E-state index contributed by atoms with van der Waals surface area (Å²) < 4.78 is 5.37. The first-order valence-electron chi connectivity index (χ1n) is 5.15. The standard InChI is InChI=1S/C12H15BrO3/c1-3-16-11-6-4-5-9(10(11)7-14)12(15)8(2)13/h4-6,8,14H,3,7H2,1-2H3. The molecule has 0 radical (unpaired) electrons. The van der Waals surface area contributed by atoms with E-state index in [1.807, 2.05) is 6.92 Å². The van der Waals surface area contributed by atoms with Gasteiger partial charge in [0.2, 0.25) is 0 Å². The zero-order chi connectivity index (χ0) is 12.1. The van der Waals surface area contributed by atoms with Crippen LogP contribution < -0.4 is 4.74 Å². The van der Waals surface area contributed by atoms with Crippen molar-refractivity contribution in [1.29, 1.82) is 0 Å². The predicted octanol–water partition coefficient (Wildman–Crippen LogP) is 2.54. The lowest BCUT2D eigenvalue weighted by atomic mass is 10.0. The SMILES string of the molecule is CCOc1cccc(C(=O)C(C)Br)c1CO. The van der Waals surface area contributed by atoms with Gasteiger partial charge in [0, 0.05) is 11.1 Å². The zero-order valence-corrected chi connectivity index (χ0v) is 11.0. The van der Waals surface area contributed by atoms with Gasteiger partial charge in [0.1, 0.15) is 5.75 Å². The Morgan fingerprint density at radius 1 is 1.56 bits per heavy atom. The summed E-state index contributed by atoms with van der Waals surface area (Å²) in [5, 5.41) is 9.31. The number of carbonyl (C=O) groups excluding carboxylic acids is 1. The molecule has 0 aliphatic carbocycles. The smallest absolute Gasteiger partial charge is 0.176 e. The van der Waals surface area contributed by atoms with E-state index < -0.39 is 0 Å². The second-order valence-corrected chi connectivity index (χ2v) is 4.73. The van der Waals surface area contributed by atoms with Crippen LogP contribution in [-0.2, 0) is 6.61 Å². The number of ether oxygens (including phenoxy) is 1. The van der Waals surface area contributed by atoms with Crippen LogP contribution in [0.3, 0.4) is 0 Å². The van der Waals surface area contributed by atoms with Gasteiger partial charge in [-0.05, 0) is 19.9 Å². The lowest BCUT2D eigenvalue weighted by Crippen LogP contribution is -2.13. The second-order valence-electron chi connectivity index (χ2n) is 3.35. The molecule has 0 heterocycles. The van der Waals surface area contributed by atoms with Crippen molar-refractivity contribution in [3.05, 3.63) is 29.3 Å². The molecule has 88 valence electrons. The number of ketones is 1. The Balaban J connectivity index is 3.18. The van der Waals surface area contributed by atoms with Gasteiger partial charge in [-0.3, -0.25) is 4.79 Å². The minimum atomic E-state index is -0.269. The van der Waals surface area contributed by atoms with Crippen LogP contribution in [0.1, 0.15) is 29.8 Å². The third-order valence-corrected chi connectivity index (χ3v) is 2.63. The van der Waals surface area contributed by atoms with E-state index in [1.54, 1.807) is 25.1 Å². The molecule has 3 nitrogen and oxygen atoms in total. The van der Waals surface area contributed by atoms with Gasteiger partial charge >= 0.3 is 0 Å². The zero-order valence-electron chi connectivity index (χ0n) is 9.37. The van der Waals surface area contributed by atoms with Gasteiger partial charge < -0.3 is 9.84 Å². The average molecular weight is 287 g/mol. The van der Waals surface area contributed by atoms with Crippen molar-refractivity contribution in [3.63, 3.8) is 0 Å². The van der Waals surface area contributed by atoms with E-state index >= 15 is 0 Å². The molecule has 4 heteroatoms. The Bertz CT molecular complexity index is 375. The number of halogens is 1. The average Bonchev–Trinajstić information content (AvgIpc) is 2.28. The molecule has 1 rings (SSSR count). The summed E-state index contributed by atoms with van der Waals surface area (Å²) in [7, 11) is 0. The quantitative estimate of drug-likeness (QED) is 0.668. The minimum Gasteiger partial charge on any atom is -0.493 e. The number of aliphatic hydroxyl groups excluding tert-OH is 1. The molecule has 0 saturated heterocycles. The van der Waals surface area contributed by atoms with Gasteiger partial charge in [-0.25, -0.2) is 0 Å². The molecule has 0 aliphatic rings. The lowest BCUT2D eigenvalue weighted by molar-refractivity contribution is 0.0992. The highest BCUT2D eigenvalue weighted by molar-refractivity contribution is 9.10. The fourth-order valence-corrected chi connectivity index (χ4v) is 1.71. The predicted molar refractivity (Wildman–Crippen MR) is 66.3 cm³/mol. The first-order valence-corrected chi connectivity index (χ1v) is 6.07. The molecule has 1 unspecified atom stereocenters. The molecular weight excluding hydrogens is 272 g/mol. The van der Waals surface area contributed by atoms with E-state index in [0.29, 0.717) is 23.5 Å². The lowest BCUT2D eigenvalue weighted by Gasteiger charge is -2.13. The van der Waals surface area contributed by atoms with Crippen molar-refractivity contribution < 1.29 is 14.6 Å². The Hall–Kier alpha value is -0.870. The van der Waals surface area contributed by atoms with Gasteiger partial charge in [0.25, 0.3) is 0 Å². The maximum Gasteiger partial charge on any atom is 0.176 e. The Morgan fingerprint density at radius 2 is 2.25 bits per heavy atom. The van der Waals surface area contributed by atoms with Crippen molar-refractivity contribution in [3.8, 4) is 5.75 Å². The van der Waals surface area contributed by atoms with Gasteiger partial charge in [0.05, 0.1) is 18.0 Å². The molecule has 0 amide bonds. The number of benzene rings is 1. The summed E-state index contributed by atoms with van der Waals surface area (Å²) in [5.41, 5.74) is 1.07. The van der Waals surface area contributed by atoms with Crippen molar-refractivity contribution in [1.82, 2.24) is 0 Å². The molecule has 0 fully saturated rings. The number of alkyl halides is 1. The number of Topliss-reactive ketones (excluding diaryl/α,β-unsaturated/α-hetero) is 1. The van der Waals surface area contributed by atoms with E-state index in [2.05, 4.69) is 15.9 Å². The van der Waals surface area contributed by atoms with E-state index in [4.69, 9.17) is 4.74 Å². The van der Waals surface area contributed by atoms with E-state index in [1.165, 1.54) is 0 Å². The Kier molecular flexibility index (Phi) is 4.96. The highest BCUT2D eigenvalue weighted by Crippen LogP contribution is 2.24. The molecule has 0 aliphatic heterocycles. The summed E-state index contributed by atoms with van der Waals surface area (Å²) in [6.45, 7) is 3.94. The summed E-state index contributed by atoms with van der Waals surface area (Å²) in [4.78, 5) is 11.6. The number of aliphatic hydroxyl groups is 1. The van der Waals surface area contributed by atoms with Crippen LogP contribution in [0.2, 0.25) is 0 Å². The molecule has 0 spiro atoms. The van der Waals surface area contributed by atoms with Crippen LogP contribution in [0.4, 0.5) is 0 Å². The third-order valence-electron chi connectivity index (χ3n) is 2.22. The molecule has 1 N–H and O–H groups in total. The van der Waals surface area contributed by atoms with Crippen molar-refractivity contribution in [2.45, 2.75) is 25.3 Å². The second kappa shape index (κ2) is 6.01. The van der Waals surface area contributed by atoms with Crippen LogP contribution in [0.15, 0.2) is 18.2 Å². The van der Waals surface area contributed by atoms with Gasteiger partial charge in [-0.2, -0.15) is 0 Å². The molecule has 16 heavy (non-hydrogen) atoms. The maximum absolute atomic E-state index is 11.9. The highest BCUT2D eigenvalue weighted by atomic mass is 79.9. The third kappa shape index (κ3) is 2.83. The van der Waals surface area contributed by atoms with Crippen LogP contribution in [0, 0.1) is 0 Å². The number of hydrogen-bond acceptors (Lipinski definition) is 3. The first-order chi connectivity index (χ1) is 7.61.